The molecule has 6 nitrogen and oxygen atoms in total. The van der Waals surface area contributed by atoms with E-state index in [-0.39, 0.29) is 12.2 Å². The molecule has 30 heavy (non-hydrogen) atoms. The first kappa shape index (κ1) is 19.5. The molecular weight excluding hydrogens is 404 g/mol. The average molecular weight is 417 g/mol. The fraction of sp³-hybridized carbons (Fsp3) is 0.100. The first-order valence-corrected chi connectivity index (χ1v) is 8.64. The number of rotatable bonds is 3. The van der Waals surface area contributed by atoms with Crippen molar-refractivity contribution >= 4 is 5.65 Å². The summed E-state index contributed by atoms with van der Waals surface area (Å²) >= 11 is 0. The number of aromatic nitrogens is 4. The van der Waals surface area contributed by atoms with Gasteiger partial charge in [0.1, 0.15) is 18.7 Å². The van der Waals surface area contributed by atoms with E-state index in [0.29, 0.717) is 23.8 Å². The molecule has 0 fully saturated rings. The Hall–Kier alpha value is -3.82. The molecule has 0 amide bonds. The van der Waals surface area contributed by atoms with Gasteiger partial charge in [0.25, 0.3) is 11.5 Å². The van der Waals surface area contributed by atoms with Crippen LogP contribution in [0, 0.1) is 5.82 Å². The van der Waals surface area contributed by atoms with E-state index in [1.165, 1.54) is 41.6 Å². The highest BCUT2D eigenvalue weighted by Gasteiger charge is 2.33. The smallest absolute Gasteiger partial charge is 0.416 e. The van der Waals surface area contributed by atoms with Crippen molar-refractivity contribution in [3.63, 3.8) is 0 Å². The Morgan fingerprint density at radius 1 is 1.10 bits per heavy atom. The molecule has 0 radical (unpaired) electrons. The van der Waals surface area contributed by atoms with Gasteiger partial charge in [0.2, 0.25) is 0 Å². The highest BCUT2D eigenvalue weighted by molar-refractivity contribution is 5.69. The van der Waals surface area contributed by atoms with E-state index in [4.69, 9.17) is 0 Å². The molecule has 0 saturated heterocycles. The van der Waals surface area contributed by atoms with Crippen molar-refractivity contribution < 1.29 is 27.1 Å². The number of pyridine rings is 1. The van der Waals surface area contributed by atoms with Crippen LogP contribution in [-0.4, -0.2) is 19.6 Å². The minimum atomic E-state index is -4.75. The third-order valence-corrected chi connectivity index (χ3v) is 4.54. The van der Waals surface area contributed by atoms with Gasteiger partial charge in [-0.05, 0) is 24.3 Å². The van der Waals surface area contributed by atoms with Gasteiger partial charge in [0.15, 0.2) is 5.56 Å². The van der Waals surface area contributed by atoms with Crippen LogP contribution in [0.5, 0.6) is 5.88 Å². The summed E-state index contributed by atoms with van der Waals surface area (Å²) in [6, 6.07) is 6.40. The Kier molecular flexibility index (Phi) is 4.69. The van der Waals surface area contributed by atoms with Crippen molar-refractivity contribution in [2.24, 2.45) is 0 Å². The predicted octanol–water partition coefficient (Wildman–Crippen LogP) is 2.96. The van der Waals surface area contributed by atoms with E-state index in [2.05, 4.69) is 9.97 Å². The molecule has 0 bridgehead atoms. The molecule has 0 aliphatic heterocycles. The zero-order valence-corrected chi connectivity index (χ0v) is 15.1. The molecule has 152 valence electrons. The van der Waals surface area contributed by atoms with Crippen molar-refractivity contribution in [1.29, 1.82) is 0 Å². The molecule has 1 aromatic carbocycles. The monoisotopic (exact) mass is 417 g/mol. The van der Waals surface area contributed by atoms with Crippen LogP contribution in [0.25, 0.3) is 16.8 Å². The molecule has 1 N–H and O–H groups in total. The zero-order valence-electron chi connectivity index (χ0n) is 15.1. The molecule has 3 heterocycles. The summed E-state index contributed by atoms with van der Waals surface area (Å²) in [7, 11) is 0. The number of halogens is 4. The van der Waals surface area contributed by atoms with Gasteiger partial charge in [0, 0.05) is 29.6 Å². The minimum absolute atomic E-state index is 0.00591. The zero-order chi connectivity index (χ0) is 21.5. The summed E-state index contributed by atoms with van der Waals surface area (Å²) in [5.74, 6) is -1.74. The molecule has 0 aliphatic carbocycles. The Labute approximate surface area is 166 Å². The lowest BCUT2D eigenvalue weighted by atomic mass is 10.0. The summed E-state index contributed by atoms with van der Waals surface area (Å²) in [4.78, 5) is 20.7. The lowest BCUT2D eigenvalue weighted by Crippen LogP contribution is -2.43. The lowest BCUT2D eigenvalue weighted by molar-refractivity contribution is -0.532. The Morgan fingerprint density at radius 2 is 1.83 bits per heavy atom. The van der Waals surface area contributed by atoms with E-state index in [1.54, 1.807) is 6.07 Å². The summed E-state index contributed by atoms with van der Waals surface area (Å²) < 4.78 is 56.3. The third-order valence-electron chi connectivity index (χ3n) is 4.54. The number of aromatic hydroxyl groups is 1. The van der Waals surface area contributed by atoms with Crippen LogP contribution in [0.2, 0.25) is 0 Å². The first-order chi connectivity index (χ1) is 14.3. The van der Waals surface area contributed by atoms with Crippen LogP contribution < -0.4 is 9.96 Å². The maximum atomic E-state index is 14.5. The fourth-order valence-electron chi connectivity index (χ4n) is 3.16. The van der Waals surface area contributed by atoms with Crippen LogP contribution in [0.4, 0.5) is 17.6 Å². The SMILES string of the molecule is O=c1c(-c2cc(C(F)(F)F)ccc2F)c(O)n(Cc2cncnc2)c2cccc[n+]12. The van der Waals surface area contributed by atoms with E-state index >= 15 is 0 Å². The van der Waals surface area contributed by atoms with Gasteiger partial charge in [-0.15, -0.1) is 0 Å². The van der Waals surface area contributed by atoms with Crippen molar-refractivity contribution in [3.8, 4) is 17.0 Å². The Balaban J connectivity index is 2.04. The second-order valence-corrected chi connectivity index (χ2v) is 6.46. The fourth-order valence-corrected chi connectivity index (χ4v) is 3.16. The van der Waals surface area contributed by atoms with Crippen LogP contribution in [0.15, 0.2) is 66.1 Å². The topological polar surface area (TPSA) is 72.1 Å². The minimum Gasteiger partial charge on any atom is -0.477 e. The van der Waals surface area contributed by atoms with E-state index < -0.39 is 40.1 Å². The number of benzene rings is 1. The van der Waals surface area contributed by atoms with Gasteiger partial charge < -0.3 is 5.11 Å². The van der Waals surface area contributed by atoms with Gasteiger partial charge in [-0.1, -0.05) is 6.07 Å². The van der Waals surface area contributed by atoms with Crippen molar-refractivity contribution in [1.82, 2.24) is 14.5 Å². The molecule has 0 aliphatic rings. The number of hydrogen-bond acceptors (Lipinski definition) is 4. The number of hydrogen-bond donors (Lipinski definition) is 1. The van der Waals surface area contributed by atoms with Gasteiger partial charge in [-0.2, -0.15) is 22.1 Å². The van der Waals surface area contributed by atoms with Crippen LogP contribution in [-0.2, 0) is 12.7 Å². The average Bonchev–Trinajstić information content (AvgIpc) is 2.72. The van der Waals surface area contributed by atoms with Gasteiger partial charge >= 0.3 is 11.7 Å². The molecule has 3 aromatic heterocycles. The molecule has 0 spiro atoms. The summed E-state index contributed by atoms with van der Waals surface area (Å²) in [6.45, 7) is -0.00591. The first-order valence-electron chi connectivity index (χ1n) is 8.64. The third kappa shape index (κ3) is 3.36. The van der Waals surface area contributed by atoms with Gasteiger partial charge in [-0.3, -0.25) is 0 Å². The Morgan fingerprint density at radius 3 is 2.53 bits per heavy atom. The van der Waals surface area contributed by atoms with E-state index in [0.717, 1.165) is 4.40 Å². The quantitative estimate of drug-likeness (QED) is 0.411. The predicted molar refractivity (Wildman–Crippen MR) is 97.1 cm³/mol. The maximum Gasteiger partial charge on any atom is 0.416 e. The molecule has 0 saturated carbocycles. The standard InChI is InChI=1S/C20H12F4N4O2/c21-15-5-4-13(20(22,23)24)7-14(15)17-18(29)27-6-2-1-3-16(27)28(19(17)30)10-12-8-25-11-26-9-12/h1-9,11H,10H2/p+1. The molecule has 0 unspecified atom stereocenters. The van der Waals surface area contributed by atoms with Crippen LogP contribution >= 0.6 is 0 Å². The van der Waals surface area contributed by atoms with Gasteiger partial charge in [-0.25, -0.2) is 19.2 Å². The lowest BCUT2D eigenvalue weighted by Gasteiger charge is -2.12. The molecular formula is C20H13F4N4O2+. The van der Waals surface area contributed by atoms with Crippen LogP contribution in [0.1, 0.15) is 11.1 Å². The molecule has 4 aromatic rings. The van der Waals surface area contributed by atoms with Crippen LogP contribution in [0.3, 0.4) is 0 Å². The number of alkyl halides is 3. The summed E-state index contributed by atoms with van der Waals surface area (Å²) in [5.41, 5.74) is -2.43. The number of nitrogens with zero attached hydrogens (tertiary/aromatic N) is 4. The summed E-state index contributed by atoms with van der Waals surface area (Å²) in [6.07, 6.45) is 0.903. The van der Waals surface area contributed by atoms with Crippen molar-refractivity contribution in [2.45, 2.75) is 12.7 Å². The van der Waals surface area contributed by atoms with E-state index in [1.807, 2.05) is 0 Å². The largest absolute Gasteiger partial charge is 0.477 e. The number of fused-ring (bicyclic) bond motifs is 1. The normalized spacial score (nSPS) is 11.7. The van der Waals surface area contributed by atoms with Crippen molar-refractivity contribution in [2.75, 3.05) is 0 Å². The Bertz CT molecular complexity index is 1300. The molecule has 0 atom stereocenters. The highest BCUT2D eigenvalue weighted by Crippen LogP contribution is 2.35. The highest BCUT2D eigenvalue weighted by atomic mass is 19.4. The van der Waals surface area contributed by atoms with Gasteiger partial charge in [0.05, 0.1) is 11.8 Å². The van der Waals surface area contributed by atoms with Crippen molar-refractivity contribution in [3.05, 3.63) is 88.6 Å². The second kappa shape index (κ2) is 7.21. The summed E-state index contributed by atoms with van der Waals surface area (Å²) in [5, 5.41) is 10.9. The molecule has 10 heteroatoms. The maximum absolute atomic E-state index is 14.5. The second-order valence-electron chi connectivity index (χ2n) is 6.46. The van der Waals surface area contributed by atoms with E-state index in [9.17, 15) is 27.5 Å². The molecule has 4 rings (SSSR count).